The molecule has 1 aromatic carbocycles. The quantitative estimate of drug-likeness (QED) is 0.738. The minimum atomic E-state index is 0.157. The Morgan fingerprint density at radius 3 is 2.57 bits per heavy atom. The van der Waals surface area contributed by atoms with Gasteiger partial charge in [0.05, 0.1) is 6.33 Å². The van der Waals surface area contributed by atoms with E-state index in [2.05, 4.69) is 54.2 Å². The van der Waals surface area contributed by atoms with Crippen LogP contribution >= 0.6 is 0 Å². The van der Waals surface area contributed by atoms with Gasteiger partial charge >= 0.3 is 0 Å². The molecule has 1 heterocycles. The largest absolute Gasteiger partial charge is 0.348 e. The molecule has 1 aromatic heterocycles. The van der Waals surface area contributed by atoms with E-state index in [4.69, 9.17) is 0 Å². The van der Waals surface area contributed by atoms with Gasteiger partial charge in [0.25, 0.3) is 0 Å². The van der Waals surface area contributed by atoms with Crippen molar-refractivity contribution in [2.45, 2.75) is 51.4 Å². The Kier molecular flexibility index (Phi) is 3.48. The maximum atomic E-state index is 4.27. The Bertz CT molecular complexity index is 654. The van der Waals surface area contributed by atoms with Crippen LogP contribution in [0.1, 0.15) is 62.8 Å². The Hall–Kier alpha value is -1.83. The lowest BCUT2D eigenvalue weighted by Gasteiger charge is -2.33. The van der Waals surface area contributed by atoms with Gasteiger partial charge in [-0.1, -0.05) is 56.7 Å². The second kappa shape index (κ2) is 5.18. The maximum absolute atomic E-state index is 4.27. The van der Waals surface area contributed by atoms with Gasteiger partial charge in [-0.05, 0) is 30.4 Å². The van der Waals surface area contributed by atoms with Crippen molar-refractivity contribution < 1.29 is 0 Å². The fourth-order valence-electron chi connectivity index (χ4n) is 4.33. The predicted molar refractivity (Wildman–Crippen MR) is 87.6 cm³/mol. The number of hydrogen-bond donors (Lipinski definition) is 1. The lowest BCUT2D eigenvalue weighted by molar-refractivity contribution is 0.366. The molecule has 0 saturated heterocycles. The van der Waals surface area contributed by atoms with Crippen molar-refractivity contribution >= 4 is 0 Å². The predicted octanol–water partition coefficient (Wildman–Crippen LogP) is 4.92. The summed E-state index contributed by atoms with van der Waals surface area (Å²) in [5, 5.41) is 0. The van der Waals surface area contributed by atoms with E-state index < -0.39 is 0 Å². The normalized spacial score (nSPS) is 29.2. The van der Waals surface area contributed by atoms with Crippen molar-refractivity contribution in [1.82, 2.24) is 9.97 Å². The molecular weight excluding hydrogens is 256 g/mol. The fourth-order valence-corrected chi connectivity index (χ4v) is 4.33. The number of rotatable bonds is 1. The third-order valence-electron chi connectivity index (χ3n) is 5.15. The Balaban J connectivity index is 0.000000636. The van der Waals surface area contributed by atoms with Crippen molar-refractivity contribution in [3.8, 4) is 0 Å². The van der Waals surface area contributed by atoms with Gasteiger partial charge in [-0.25, -0.2) is 4.98 Å². The average Bonchev–Trinajstić information content (AvgIpc) is 3.20. The number of fused-ring (bicyclic) bond motifs is 3. The number of imidazole rings is 1. The van der Waals surface area contributed by atoms with Crippen LogP contribution in [0.5, 0.6) is 0 Å². The van der Waals surface area contributed by atoms with Gasteiger partial charge in [0.15, 0.2) is 0 Å². The van der Waals surface area contributed by atoms with Crippen LogP contribution in [0.2, 0.25) is 0 Å². The zero-order valence-corrected chi connectivity index (χ0v) is 13.4. The van der Waals surface area contributed by atoms with Crippen LogP contribution in [0, 0.1) is 0 Å². The van der Waals surface area contributed by atoms with Crippen molar-refractivity contribution in [3.63, 3.8) is 0 Å². The van der Waals surface area contributed by atoms with E-state index in [0.717, 1.165) is 6.42 Å². The number of aromatic nitrogens is 2. The van der Waals surface area contributed by atoms with Crippen molar-refractivity contribution in [2.24, 2.45) is 0 Å². The van der Waals surface area contributed by atoms with Crippen LogP contribution in [0.4, 0.5) is 0 Å². The molecule has 2 aromatic rings. The van der Waals surface area contributed by atoms with Gasteiger partial charge in [0.2, 0.25) is 0 Å². The average molecular weight is 280 g/mol. The standard InChI is InChI=1S/C17H18N2.C2H6/c1-11-7-15-14-6-4-3-5-13(14)12(2)17(15,8-11)16-9-18-10-19-16;1-2/h3-7,9-10,12,15H,8H2,1-2H3,(H,18,19);1-2H3. The van der Waals surface area contributed by atoms with Crippen LogP contribution in [0.25, 0.3) is 0 Å². The first kappa shape index (κ1) is 14.1. The van der Waals surface area contributed by atoms with Gasteiger partial charge in [-0.15, -0.1) is 0 Å². The molecule has 0 amide bonds. The van der Waals surface area contributed by atoms with Crippen LogP contribution < -0.4 is 0 Å². The van der Waals surface area contributed by atoms with E-state index in [1.54, 1.807) is 0 Å². The molecule has 3 unspecified atom stereocenters. The molecule has 2 aliphatic carbocycles. The van der Waals surface area contributed by atoms with Gasteiger partial charge in [0, 0.05) is 23.2 Å². The van der Waals surface area contributed by atoms with Crippen molar-refractivity contribution in [3.05, 3.63) is 65.3 Å². The monoisotopic (exact) mass is 280 g/mol. The van der Waals surface area contributed by atoms with E-state index in [9.17, 15) is 0 Å². The van der Waals surface area contributed by atoms with E-state index in [0.29, 0.717) is 11.8 Å². The lowest BCUT2D eigenvalue weighted by Crippen LogP contribution is -2.30. The molecule has 1 N–H and O–H groups in total. The summed E-state index contributed by atoms with van der Waals surface area (Å²) in [6.45, 7) is 8.62. The molecule has 0 radical (unpaired) electrons. The molecule has 3 atom stereocenters. The summed E-state index contributed by atoms with van der Waals surface area (Å²) in [5.74, 6) is 1.03. The molecule has 2 nitrogen and oxygen atoms in total. The highest BCUT2D eigenvalue weighted by Gasteiger charge is 2.54. The first-order valence-electron chi connectivity index (χ1n) is 7.98. The van der Waals surface area contributed by atoms with Gasteiger partial charge in [-0.2, -0.15) is 0 Å². The van der Waals surface area contributed by atoms with Crippen LogP contribution in [0.3, 0.4) is 0 Å². The molecule has 2 aliphatic rings. The second-order valence-corrected chi connectivity index (χ2v) is 6.02. The van der Waals surface area contributed by atoms with E-state index in [1.165, 1.54) is 22.4 Å². The van der Waals surface area contributed by atoms with Crippen molar-refractivity contribution in [2.75, 3.05) is 0 Å². The highest BCUT2D eigenvalue weighted by atomic mass is 14.9. The molecule has 110 valence electrons. The summed E-state index contributed by atoms with van der Waals surface area (Å²) < 4.78 is 0. The minimum absolute atomic E-state index is 0.157. The van der Waals surface area contributed by atoms with Crippen LogP contribution in [0.15, 0.2) is 48.4 Å². The molecule has 0 fully saturated rings. The second-order valence-electron chi connectivity index (χ2n) is 6.02. The zero-order valence-electron chi connectivity index (χ0n) is 13.4. The molecule has 21 heavy (non-hydrogen) atoms. The Labute approximate surface area is 127 Å². The highest BCUT2D eigenvalue weighted by Crippen LogP contribution is 2.62. The number of hydrogen-bond acceptors (Lipinski definition) is 1. The number of H-pyrrole nitrogens is 1. The van der Waals surface area contributed by atoms with Crippen molar-refractivity contribution in [1.29, 1.82) is 0 Å². The molecule has 2 heteroatoms. The molecule has 0 spiro atoms. The number of allylic oxidation sites excluding steroid dienone is 2. The Morgan fingerprint density at radius 1 is 1.19 bits per heavy atom. The molecule has 0 saturated carbocycles. The summed E-state index contributed by atoms with van der Waals surface area (Å²) in [4.78, 5) is 7.65. The van der Waals surface area contributed by atoms with Gasteiger partial charge < -0.3 is 4.98 Å². The highest BCUT2D eigenvalue weighted by molar-refractivity contribution is 5.54. The third kappa shape index (κ3) is 1.81. The first-order chi connectivity index (χ1) is 10.2. The summed E-state index contributed by atoms with van der Waals surface area (Å²) in [6, 6.07) is 8.91. The molecular formula is C19H24N2. The summed E-state index contributed by atoms with van der Waals surface area (Å²) in [6.07, 6.45) is 7.42. The number of nitrogens with one attached hydrogen (secondary N) is 1. The van der Waals surface area contributed by atoms with E-state index in [-0.39, 0.29) is 5.41 Å². The lowest BCUT2D eigenvalue weighted by atomic mass is 9.69. The van der Waals surface area contributed by atoms with Gasteiger partial charge in [-0.3, -0.25) is 0 Å². The summed E-state index contributed by atoms with van der Waals surface area (Å²) in [7, 11) is 0. The van der Waals surface area contributed by atoms with E-state index >= 15 is 0 Å². The smallest absolute Gasteiger partial charge is 0.0921 e. The summed E-state index contributed by atoms with van der Waals surface area (Å²) >= 11 is 0. The topological polar surface area (TPSA) is 28.7 Å². The summed E-state index contributed by atoms with van der Waals surface area (Å²) in [5.41, 5.74) is 5.95. The number of nitrogens with zero attached hydrogens (tertiary/aromatic N) is 1. The fraction of sp³-hybridized carbons (Fsp3) is 0.421. The van der Waals surface area contributed by atoms with Crippen LogP contribution in [-0.4, -0.2) is 9.97 Å². The maximum Gasteiger partial charge on any atom is 0.0921 e. The SMILES string of the molecule is CC.CC1=CC2c3ccccc3C(C)C2(c2cnc[nH]2)C1. The first-order valence-corrected chi connectivity index (χ1v) is 7.98. The number of benzene rings is 1. The zero-order chi connectivity index (χ0) is 15.0. The minimum Gasteiger partial charge on any atom is -0.348 e. The molecule has 0 aliphatic heterocycles. The van der Waals surface area contributed by atoms with Crippen LogP contribution in [-0.2, 0) is 5.41 Å². The third-order valence-corrected chi connectivity index (χ3v) is 5.15. The molecule has 0 bridgehead atoms. The Morgan fingerprint density at radius 2 is 1.90 bits per heavy atom. The van der Waals surface area contributed by atoms with Gasteiger partial charge in [0.1, 0.15) is 0 Å². The number of aromatic amines is 1. The molecule has 4 rings (SSSR count). The van der Waals surface area contributed by atoms with E-state index in [1.807, 2.05) is 26.4 Å².